The fourth-order valence-electron chi connectivity index (χ4n) is 3.18. The van der Waals surface area contributed by atoms with Crippen LogP contribution in [0.25, 0.3) is 0 Å². The summed E-state index contributed by atoms with van der Waals surface area (Å²) in [5.41, 5.74) is 1.16. The number of hydrogen-bond donors (Lipinski definition) is 1. The number of benzene rings is 1. The summed E-state index contributed by atoms with van der Waals surface area (Å²) in [6.07, 6.45) is 5.65. The Kier molecular flexibility index (Phi) is 6.28. The SMILES string of the molecule is C[C@@H](CNC(=O)Cn1cnc(S(=O)(=O)N2CCCCC2)c1)c1ccccc1. The van der Waals surface area contributed by atoms with Gasteiger partial charge in [-0.05, 0) is 24.3 Å². The predicted octanol–water partition coefficient (Wildman–Crippen LogP) is 1.98. The molecule has 1 atom stereocenters. The molecule has 1 aromatic carbocycles. The Balaban J connectivity index is 1.55. The number of imidazole rings is 1. The Morgan fingerprint density at radius 1 is 1.19 bits per heavy atom. The Labute approximate surface area is 160 Å². The third-order valence-electron chi connectivity index (χ3n) is 4.83. The second-order valence-electron chi connectivity index (χ2n) is 6.96. The number of aromatic nitrogens is 2. The van der Waals surface area contributed by atoms with E-state index in [-0.39, 0.29) is 23.4 Å². The van der Waals surface area contributed by atoms with E-state index in [4.69, 9.17) is 0 Å². The van der Waals surface area contributed by atoms with Gasteiger partial charge in [-0.2, -0.15) is 4.31 Å². The average Bonchev–Trinajstić information content (AvgIpc) is 3.17. The van der Waals surface area contributed by atoms with Gasteiger partial charge < -0.3 is 9.88 Å². The Morgan fingerprint density at radius 3 is 2.59 bits per heavy atom. The molecule has 1 aliphatic heterocycles. The summed E-state index contributed by atoms with van der Waals surface area (Å²) in [6.45, 7) is 3.69. The van der Waals surface area contributed by atoms with Gasteiger partial charge in [0.25, 0.3) is 10.0 Å². The van der Waals surface area contributed by atoms with E-state index in [1.807, 2.05) is 30.3 Å². The van der Waals surface area contributed by atoms with E-state index >= 15 is 0 Å². The number of carbonyl (C=O) groups excluding carboxylic acids is 1. The van der Waals surface area contributed by atoms with Crippen LogP contribution in [-0.2, 0) is 21.4 Å². The van der Waals surface area contributed by atoms with Crippen LogP contribution in [0, 0.1) is 0 Å². The molecule has 2 aromatic rings. The molecular formula is C19H26N4O3S. The number of carbonyl (C=O) groups is 1. The molecule has 0 spiro atoms. The summed E-state index contributed by atoms with van der Waals surface area (Å²) in [4.78, 5) is 16.2. The molecule has 0 aliphatic carbocycles. The van der Waals surface area contributed by atoms with E-state index in [0.29, 0.717) is 19.6 Å². The predicted molar refractivity (Wildman–Crippen MR) is 103 cm³/mol. The smallest absolute Gasteiger partial charge is 0.262 e. The Morgan fingerprint density at radius 2 is 1.89 bits per heavy atom. The average molecular weight is 391 g/mol. The monoisotopic (exact) mass is 390 g/mol. The van der Waals surface area contributed by atoms with Gasteiger partial charge >= 0.3 is 0 Å². The quantitative estimate of drug-likeness (QED) is 0.783. The molecule has 1 fully saturated rings. The van der Waals surface area contributed by atoms with Crippen molar-refractivity contribution in [2.45, 2.75) is 43.7 Å². The highest BCUT2D eigenvalue weighted by molar-refractivity contribution is 7.89. The minimum Gasteiger partial charge on any atom is -0.354 e. The van der Waals surface area contributed by atoms with Crippen molar-refractivity contribution in [1.29, 1.82) is 0 Å². The molecular weight excluding hydrogens is 364 g/mol. The lowest BCUT2D eigenvalue weighted by molar-refractivity contribution is -0.121. The first kappa shape index (κ1) is 19.6. The van der Waals surface area contributed by atoms with Crippen LogP contribution in [0.2, 0.25) is 0 Å². The molecule has 8 heteroatoms. The van der Waals surface area contributed by atoms with Crippen molar-refractivity contribution in [2.24, 2.45) is 0 Å². The van der Waals surface area contributed by atoms with Crippen LogP contribution >= 0.6 is 0 Å². The zero-order valence-corrected chi connectivity index (χ0v) is 16.4. The molecule has 0 unspecified atom stereocenters. The van der Waals surface area contributed by atoms with Crippen molar-refractivity contribution in [3.63, 3.8) is 0 Å². The highest BCUT2D eigenvalue weighted by Crippen LogP contribution is 2.19. The van der Waals surface area contributed by atoms with Crippen molar-refractivity contribution in [2.75, 3.05) is 19.6 Å². The summed E-state index contributed by atoms with van der Waals surface area (Å²) in [5, 5.41) is 2.90. The first-order valence-corrected chi connectivity index (χ1v) is 10.7. The topological polar surface area (TPSA) is 84.3 Å². The molecule has 7 nitrogen and oxygen atoms in total. The van der Waals surface area contributed by atoms with Crippen LogP contribution in [0.15, 0.2) is 47.9 Å². The summed E-state index contributed by atoms with van der Waals surface area (Å²) < 4.78 is 28.2. The number of amides is 1. The number of rotatable bonds is 7. The van der Waals surface area contributed by atoms with Gasteiger partial charge in [-0.3, -0.25) is 4.79 Å². The number of piperidine rings is 1. The van der Waals surface area contributed by atoms with Crippen molar-refractivity contribution in [1.82, 2.24) is 19.2 Å². The summed E-state index contributed by atoms with van der Waals surface area (Å²) in [5.74, 6) is 0.0325. The molecule has 1 saturated heterocycles. The van der Waals surface area contributed by atoms with Gasteiger partial charge in [0.05, 0.1) is 6.33 Å². The van der Waals surface area contributed by atoms with Crippen LogP contribution in [0.3, 0.4) is 0 Å². The first-order chi connectivity index (χ1) is 13.0. The highest BCUT2D eigenvalue weighted by Gasteiger charge is 2.28. The molecule has 3 rings (SSSR count). The van der Waals surface area contributed by atoms with Crippen molar-refractivity contribution in [3.8, 4) is 0 Å². The van der Waals surface area contributed by atoms with Crippen LogP contribution in [0.5, 0.6) is 0 Å². The largest absolute Gasteiger partial charge is 0.354 e. The maximum atomic E-state index is 12.6. The second-order valence-corrected chi connectivity index (χ2v) is 8.85. The van der Waals surface area contributed by atoms with E-state index in [2.05, 4.69) is 17.2 Å². The highest BCUT2D eigenvalue weighted by atomic mass is 32.2. The van der Waals surface area contributed by atoms with E-state index in [1.54, 1.807) is 0 Å². The third kappa shape index (κ3) is 4.95. The minimum absolute atomic E-state index is 0.00912. The van der Waals surface area contributed by atoms with E-state index in [9.17, 15) is 13.2 Å². The molecule has 0 bridgehead atoms. The number of nitrogens with one attached hydrogen (secondary N) is 1. The molecule has 1 aromatic heterocycles. The molecule has 27 heavy (non-hydrogen) atoms. The molecule has 0 radical (unpaired) electrons. The second kappa shape index (κ2) is 8.67. The number of nitrogens with zero attached hydrogens (tertiary/aromatic N) is 3. The molecule has 0 saturated carbocycles. The molecule has 2 heterocycles. The Bertz CT molecular complexity index is 858. The first-order valence-electron chi connectivity index (χ1n) is 9.30. The third-order valence-corrected chi connectivity index (χ3v) is 6.61. The van der Waals surface area contributed by atoms with Crippen LogP contribution in [0.1, 0.15) is 37.7 Å². The van der Waals surface area contributed by atoms with Gasteiger partial charge in [0.1, 0.15) is 6.54 Å². The summed E-state index contributed by atoms with van der Waals surface area (Å²) in [6, 6.07) is 9.98. The van der Waals surface area contributed by atoms with Crippen molar-refractivity contribution in [3.05, 3.63) is 48.4 Å². The van der Waals surface area contributed by atoms with Gasteiger partial charge in [0.2, 0.25) is 5.91 Å². The standard InChI is InChI=1S/C19H26N4O3S/c1-16(17-8-4-2-5-9-17)12-20-18(24)13-22-14-19(21-15-22)27(25,26)23-10-6-3-7-11-23/h2,4-5,8-9,14-16H,3,6-7,10-13H2,1H3,(H,20,24)/t16-/m0/s1. The summed E-state index contributed by atoms with van der Waals surface area (Å²) >= 11 is 0. The normalized spacial score (nSPS) is 16.8. The van der Waals surface area contributed by atoms with Gasteiger partial charge in [-0.25, -0.2) is 13.4 Å². The van der Waals surface area contributed by atoms with Crippen molar-refractivity contribution < 1.29 is 13.2 Å². The lowest BCUT2D eigenvalue weighted by atomic mass is 10.0. The van der Waals surface area contributed by atoms with Gasteiger partial charge in [0.15, 0.2) is 5.03 Å². The van der Waals surface area contributed by atoms with Gasteiger partial charge in [-0.1, -0.05) is 43.7 Å². The molecule has 146 valence electrons. The Hall–Kier alpha value is -2.19. The van der Waals surface area contributed by atoms with Gasteiger partial charge in [0, 0.05) is 25.8 Å². The van der Waals surface area contributed by atoms with E-state index in [0.717, 1.165) is 24.8 Å². The zero-order chi connectivity index (χ0) is 19.3. The molecule has 1 N–H and O–H groups in total. The number of sulfonamides is 1. The van der Waals surface area contributed by atoms with Gasteiger partial charge in [-0.15, -0.1) is 0 Å². The minimum atomic E-state index is -3.57. The fraction of sp³-hybridized carbons (Fsp3) is 0.474. The van der Waals surface area contributed by atoms with Crippen molar-refractivity contribution >= 4 is 15.9 Å². The fourth-order valence-corrected chi connectivity index (χ4v) is 4.64. The van der Waals surface area contributed by atoms with Crippen LogP contribution < -0.4 is 5.32 Å². The van der Waals surface area contributed by atoms with E-state index in [1.165, 1.54) is 21.4 Å². The van der Waals surface area contributed by atoms with Crippen LogP contribution in [0.4, 0.5) is 0 Å². The number of hydrogen-bond acceptors (Lipinski definition) is 4. The molecule has 1 amide bonds. The summed E-state index contributed by atoms with van der Waals surface area (Å²) in [7, 11) is -3.57. The zero-order valence-electron chi connectivity index (χ0n) is 15.5. The van der Waals surface area contributed by atoms with Crippen LogP contribution in [-0.4, -0.2) is 47.8 Å². The van der Waals surface area contributed by atoms with E-state index < -0.39 is 10.0 Å². The maximum Gasteiger partial charge on any atom is 0.262 e. The lowest BCUT2D eigenvalue weighted by Gasteiger charge is -2.24. The lowest BCUT2D eigenvalue weighted by Crippen LogP contribution is -2.35. The molecule has 1 aliphatic rings. The maximum absolute atomic E-state index is 12.6.